The average molecular weight is 393 g/mol. The summed E-state index contributed by atoms with van der Waals surface area (Å²) in [5, 5.41) is 24.3. The lowest BCUT2D eigenvalue weighted by Gasteiger charge is -2.15. The molecule has 3 aromatic rings. The van der Waals surface area contributed by atoms with Gasteiger partial charge in [-0.2, -0.15) is 0 Å². The Hall–Kier alpha value is -3.88. The summed E-state index contributed by atoms with van der Waals surface area (Å²) in [5.41, 5.74) is 2.07. The van der Waals surface area contributed by atoms with Crippen molar-refractivity contribution in [3.8, 4) is 5.88 Å². The summed E-state index contributed by atoms with van der Waals surface area (Å²) >= 11 is 0. The van der Waals surface area contributed by atoms with Gasteiger partial charge in [0.1, 0.15) is 11.5 Å². The van der Waals surface area contributed by atoms with Gasteiger partial charge in [-0.1, -0.05) is 30.3 Å². The predicted molar refractivity (Wildman–Crippen MR) is 112 cm³/mol. The Labute approximate surface area is 168 Å². The number of rotatable bonds is 7. The molecule has 150 valence electrons. The van der Waals surface area contributed by atoms with Crippen LogP contribution in [0.5, 0.6) is 5.88 Å². The van der Waals surface area contributed by atoms with E-state index in [0.717, 1.165) is 5.56 Å². The van der Waals surface area contributed by atoms with E-state index in [2.05, 4.69) is 31.1 Å². The fraction of sp³-hybridized carbons (Fsp3) is 0.200. The minimum absolute atomic E-state index is 0.144. The van der Waals surface area contributed by atoms with Crippen molar-refractivity contribution in [3.05, 3.63) is 59.9 Å². The van der Waals surface area contributed by atoms with Crippen LogP contribution in [-0.2, 0) is 0 Å². The van der Waals surface area contributed by atoms with Crippen LogP contribution < -0.4 is 20.7 Å². The van der Waals surface area contributed by atoms with Gasteiger partial charge in [0.05, 0.1) is 29.8 Å². The summed E-state index contributed by atoms with van der Waals surface area (Å²) in [4.78, 5) is 16.9. The van der Waals surface area contributed by atoms with Crippen LogP contribution in [0.2, 0.25) is 0 Å². The maximum Gasteiger partial charge on any atom is 0.320 e. The minimum atomic E-state index is -0.400. The summed E-state index contributed by atoms with van der Waals surface area (Å²) in [6.45, 7) is 1.90. The van der Waals surface area contributed by atoms with Crippen LogP contribution in [0.25, 0.3) is 10.9 Å². The largest absolute Gasteiger partial charge is 0.479 e. The van der Waals surface area contributed by atoms with E-state index in [4.69, 9.17) is 10.1 Å². The molecule has 0 saturated carbocycles. The van der Waals surface area contributed by atoms with Crippen LogP contribution in [0, 0.1) is 5.41 Å². The van der Waals surface area contributed by atoms with Gasteiger partial charge in [-0.05, 0) is 24.8 Å². The molecular formula is C20H23N7O2. The fourth-order valence-electron chi connectivity index (χ4n) is 2.84. The maximum atomic E-state index is 12.5. The zero-order valence-corrected chi connectivity index (χ0v) is 16.4. The molecule has 29 heavy (non-hydrogen) atoms. The van der Waals surface area contributed by atoms with Crippen molar-refractivity contribution in [1.29, 1.82) is 5.41 Å². The normalized spacial score (nSPS) is 12.0. The number of aromatic amines is 1. The molecule has 0 spiro atoms. The van der Waals surface area contributed by atoms with Gasteiger partial charge in [0.2, 0.25) is 5.88 Å². The third-order valence-corrected chi connectivity index (χ3v) is 4.27. The molecule has 2 heterocycles. The van der Waals surface area contributed by atoms with Crippen molar-refractivity contribution >= 4 is 28.5 Å². The zero-order chi connectivity index (χ0) is 20.8. The van der Waals surface area contributed by atoms with Crippen LogP contribution in [0.3, 0.4) is 0 Å². The molecule has 0 fully saturated rings. The van der Waals surface area contributed by atoms with E-state index >= 15 is 0 Å². The highest BCUT2D eigenvalue weighted by molar-refractivity contribution is 6.14. The van der Waals surface area contributed by atoms with Gasteiger partial charge >= 0.3 is 6.03 Å². The van der Waals surface area contributed by atoms with Gasteiger partial charge in [0.15, 0.2) is 0 Å². The van der Waals surface area contributed by atoms with Crippen molar-refractivity contribution in [2.75, 3.05) is 19.5 Å². The van der Waals surface area contributed by atoms with Gasteiger partial charge in [-0.25, -0.2) is 9.78 Å². The number of anilines is 1. The van der Waals surface area contributed by atoms with Crippen molar-refractivity contribution in [3.63, 3.8) is 0 Å². The number of nitrogens with one attached hydrogen (secondary N) is 5. The number of fused-ring (bicyclic) bond motifs is 1. The molecule has 9 nitrogen and oxygen atoms in total. The van der Waals surface area contributed by atoms with E-state index in [1.807, 2.05) is 37.3 Å². The number of urea groups is 1. The minimum Gasteiger partial charge on any atom is -0.479 e. The number of H-pyrrole nitrogens is 1. The van der Waals surface area contributed by atoms with Crippen molar-refractivity contribution in [2.45, 2.75) is 13.0 Å². The summed E-state index contributed by atoms with van der Waals surface area (Å²) < 4.78 is 5.27. The Bertz CT molecular complexity index is 1040. The number of allylic oxidation sites excluding steroid dienone is 1. The number of aromatic nitrogens is 3. The number of carbonyl (C=O) groups excluding carboxylic acids is 1. The topological polar surface area (TPSA) is 128 Å². The molecular weight excluding hydrogens is 370 g/mol. The first-order valence-corrected chi connectivity index (χ1v) is 9.01. The SMILES string of the molecule is CN/C=C\C(=N)c1nc(NC(=O)N[C@H](C)c2ccccc2)cc2[nH]nc(OC)c12. The molecule has 2 aromatic heterocycles. The van der Waals surface area contributed by atoms with Crippen molar-refractivity contribution in [2.24, 2.45) is 0 Å². The van der Waals surface area contributed by atoms with Gasteiger partial charge in [-0.15, -0.1) is 5.10 Å². The van der Waals surface area contributed by atoms with Gasteiger partial charge < -0.3 is 15.4 Å². The number of amides is 2. The number of hydrogen-bond donors (Lipinski definition) is 5. The molecule has 1 atom stereocenters. The second-order valence-corrected chi connectivity index (χ2v) is 6.28. The fourth-order valence-corrected chi connectivity index (χ4v) is 2.84. The highest BCUT2D eigenvalue weighted by atomic mass is 16.5. The molecule has 0 unspecified atom stereocenters. The van der Waals surface area contributed by atoms with E-state index in [0.29, 0.717) is 28.3 Å². The van der Waals surface area contributed by atoms with Crippen LogP contribution in [0.15, 0.2) is 48.7 Å². The quantitative estimate of drug-likeness (QED) is 0.394. The van der Waals surface area contributed by atoms with Crippen LogP contribution >= 0.6 is 0 Å². The Balaban J connectivity index is 1.86. The van der Waals surface area contributed by atoms with E-state index in [-0.39, 0.29) is 11.8 Å². The first kappa shape index (κ1) is 19.9. The molecule has 0 bridgehead atoms. The smallest absolute Gasteiger partial charge is 0.320 e. The summed E-state index contributed by atoms with van der Waals surface area (Å²) in [5.74, 6) is 0.623. The number of methoxy groups -OCH3 is 1. The lowest BCUT2D eigenvalue weighted by Crippen LogP contribution is -2.31. The maximum absolute atomic E-state index is 12.5. The number of pyridine rings is 1. The lowest BCUT2D eigenvalue weighted by atomic mass is 10.1. The third kappa shape index (κ3) is 4.52. The average Bonchev–Trinajstić information content (AvgIpc) is 3.14. The first-order valence-electron chi connectivity index (χ1n) is 9.01. The molecule has 5 N–H and O–H groups in total. The van der Waals surface area contributed by atoms with E-state index in [1.54, 1.807) is 25.4 Å². The predicted octanol–water partition coefficient (Wildman–Crippen LogP) is 2.95. The molecule has 1 aromatic carbocycles. The standard InChI is InChI=1S/C20H23N7O2/c1-12(13-7-5-4-6-8-13)23-20(28)25-16-11-15-17(19(29-3)27-26-15)18(24-16)14(21)9-10-22-2/h4-12,21-22H,1-3H3,(H,26,27)(H2,23,24,25,28)/b10-9-,21-14?/t12-/m1/s1. The molecule has 0 aliphatic heterocycles. The molecule has 0 aliphatic carbocycles. The summed E-state index contributed by atoms with van der Waals surface area (Å²) in [6.07, 6.45) is 3.19. The Morgan fingerprint density at radius 1 is 1.31 bits per heavy atom. The van der Waals surface area contributed by atoms with Crippen molar-refractivity contribution < 1.29 is 9.53 Å². The third-order valence-electron chi connectivity index (χ3n) is 4.27. The van der Waals surface area contributed by atoms with E-state index in [1.165, 1.54) is 7.11 Å². The molecule has 0 aliphatic rings. The number of nitrogens with zero attached hydrogens (tertiary/aromatic N) is 2. The van der Waals surface area contributed by atoms with E-state index < -0.39 is 6.03 Å². The highest BCUT2D eigenvalue weighted by Crippen LogP contribution is 2.28. The Morgan fingerprint density at radius 3 is 2.76 bits per heavy atom. The Morgan fingerprint density at radius 2 is 2.07 bits per heavy atom. The number of ether oxygens (including phenoxy) is 1. The lowest BCUT2D eigenvalue weighted by molar-refractivity contribution is 0.249. The Kier molecular flexibility index (Phi) is 6.08. The van der Waals surface area contributed by atoms with Gasteiger partial charge in [0.25, 0.3) is 0 Å². The van der Waals surface area contributed by atoms with E-state index in [9.17, 15) is 4.79 Å². The molecule has 3 rings (SSSR count). The molecule has 2 amide bonds. The van der Waals surface area contributed by atoms with Crippen molar-refractivity contribution in [1.82, 2.24) is 25.8 Å². The van der Waals surface area contributed by atoms with Crippen LogP contribution in [0.4, 0.5) is 10.6 Å². The zero-order valence-electron chi connectivity index (χ0n) is 16.4. The molecule has 0 saturated heterocycles. The van der Waals surface area contributed by atoms with Crippen LogP contribution in [0.1, 0.15) is 24.2 Å². The number of carbonyl (C=O) groups is 1. The second-order valence-electron chi connectivity index (χ2n) is 6.28. The number of benzene rings is 1. The molecule has 0 radical (unpaired) electrons. The van der Waals surface area contributed by atoms with Crippen LogP contribution in [-0.4, -0.2) is 41.1 Å². The summed E-state index contributed by atoms with van der Waals surface area (Å²) in [6, 6.07) is 10.7. The highest BCUT2D eigenvalue weighted by Gasteiger charge is 2.18. The monoisotopic (exact) mass is 393 g/mol. The van der Waals surface area contributed by atoms with Gasteiger partial charge in [0, 0.05) is 13.1 Å². The molecule has 9 heteroatoms. The summed E-state index contributed by atoms with van der Waals surface area (Å²) in [7, 11) is 3.23. The number of hydrogen-bond acceptors (Lipinski definition) is 6. The van der Waals surface area contributed by atoms with Gasteiger partial charge in [-0.3, -0.25) is 15.8 Å². The first-order chi connectivity index (χ1) is 14.0. The second kappa shape index (κ2) is 8.87.